The minimum Gasteiger partial charge on any atom is -0.485 e. The van der Waals surface area contributed by atoms with Crippen LogP contribution in [0.2, 0.25) is 0 Å². The van der Waals surface area contributed by atoms with Crippen LogP contribution in [0, 0.1) is 11.6 Å². The Bertz CT molecular complexity index is 543. The molecular weight excluding hydrogens is 250 g/mol. The van der Waals surface area contributed by atoms with E-state index in [1.54, 1.807) is 31.2 Å². The van der Waals surface area contributed by atoms with E-state index in [1.807, 2.05) is 6.07 Å². The van der Waals surface area contributed by atoms with Gasteiger partial charge in [0, 0.05) is 6.07 Å². The van der Waals surface area contributed by atoms with Gasteiger partial charge in [-0.3, -0.25) is 0 Å². The molecule has 2 rings (SSSR count). The first-order chi connectivity index (χ1) is 9.08. The first-order valence-electron chi connectivity index (χ1n) is 5.92. The van der Waals surface area contributed by atoms with Gasteiger partial charge in [0.1, 0.15) is 18.0 Å². The Morgan fingerprint density at radius 2 is 1.74 bits per heavy atom. The summed E-state index contributed by atoms with van der Waals surface area (Å²) in [5.74, 6) is -1.53. The molecule has 0 heterocycles. The first kappa shape index (κ1) is 13.5. The van der Waals surface area contributed by atoms with Crippen LogP contribution in [0.15, 0.2) is 48.5 Å². The van der Waals surface area contributed by atoms with Crippen molar-refractivity contribution in [1.29, 1.82) is 0 Å². The molecule has 0 radical (unpaired) electrons. The molecule has 0 aliphatic heterocycles. The maximum Gasteiger partial charge on any atom is 0.167 e. The zero-order chi connectivity index (χ0) is 13.8. The molecule has 4 heteroatoms. The van der Waals surface area contributed by atoms with E-state index in [1.165, 1.54) is 6.07 Å². The van der Waals surface area contributed by atoms with Gasteiger partial charge in [-0.25, -0.2) is 8.78 Å². The van der Waals surface area contributed by atoms with Gasteiger partial charge >= 0.3 is 0 Å². The Kier molecular flexibility index (Phi) is 4.12. The molecule has 0 aliphatic rings. The molecule has 0 saturated carbocycles. The SMILES string of the molecule is CC(Oc1ccc(F)cc1F)C(O)c1ccccc1. The zero-order valence-corrected chi connectivity index (χ0v) is 10.4. The van der Waals surface area contributed by atoms with Crippen molar-refractivity contribution in [3.63, 3.8) is 0 Å². The van der Waals surface area contributed by atoms with E-state index in [-0.39, 0.29) is 5.75 Å². The van der Waals surface area contributed by atoms with E-state index in [0.717, 1.165) is 12.1 Å². The van der Waals surface area contributed by atoms with Crippen LogP contribution in [0.4, 0.5) is 8.78 Å². The smallest absolute Gasteiger partial charge is 0.167 e. The highest BCUT2D eigenvalue weighted by Gasteiger charge is 2.19. The third-order valence-corrected chi connectivity index (χ3v) is 2.79. The van der Waals surface area contributed by atoms with Gasteiger partial charge in [0.05, 0.1) is 0 Å². The molecule has 0 bridgehead atoms. The average Bonchev–Trinajstić information content (AvgIpc) is 2.42. The number of aliphatic hydroxyl groups is 1. The standard InChI is InChI=1S/C15H14F2O2/c1-10(15(18)11-5-3-2-4-6-11)19-14-8-7-12(16)9-13(14)17/h2-10,15,18H,1H3. The van der Waals surface area contributed by atoms with E-state index >= 15 is 0 Å². The van der Waals surface area contributed by atoms with Crippen LogP contribution in [0.25, 0.3) is 0 Å². The molecule has 2 unspecified atom stereocenters. The fraction of sp³-hybridized carbons (Fsp3) is 0.200. The van der Waals surface area contributed by atoms with Gasteiger partial charge in [-0.15, -0.1) is 0 Å². The summed E-state index contributed by atoms with van der Waals surface area (Å²) in [6.07, 6.45) is -1.53. The average molecular weight is 264 g/mol. The van der Waals surface area contributed by atoms with E-state index in [0.29, 0.717) is 5.56 Å². The Morgan fingerprint density at radius 1 is 1.05 bits per heavy atom. The van der Waals surface area contributed by atoms with Crippen LogP contribution in [0.1, 0.15) is 18.6 Å². The summed E-state index contributed by atoms with van der Waals surface area (Å²) >= 11 is 0. The third kappa shape index (κ3) is 3.29. The van der Waals surface area contributed by atoms with Crippen molar-refractivity contribution < 1.29 is 18.6 Å². The lowest BCUT2D eigenvalue weighted by atomic mass is 10.1. The van der Waals surface area contributed by atoms with Gasteiger partial charge < -0.3 is 9.84 Å². The molecule has 2 aromatic rings. The molecule has 0 aromatic heterocycles. The topological polar surface area (TPSA) is 29.5 Å². The molecule has 0 spiro atoms. The van der Waals surface area contributed by atoms with E-state index < -0.39 is 23.8 Å². The predicted molar refractivity (Wildman–Crippen MR) is 67.8 cm³/mol. The summed E-state index contributed by atoms with van der Waals surface area (Å²) in [6.45, 7) is 1.63. The van der Waals surface area contributed by atoms with Crippen LogP contribution in [0.3, 0.4) is 0 Å². The fourth-order valence-corrected chi connectivity index (χ4v) is 1.76. The summed E-state index contributed by atoms with van der Waals surface area (Å²) < 4.78 is 31.5. The van der Waals surface area contributed by atoms with Crippen molar-refractivity contribution in [3.8, 4) is 5.75 Å². The summed E-state index contributed by atoms with van der Waals surface area (Å²) in [7, 11) is 0. The van der Waals surface area contributed by atoms with Crippen LogP contribution < -0.4 is 4.74 Å². The zero-order valence-electron chi connectivity index (χ0n) is 10.4. The Balaban J connectivity index is 2.10. The lowest BCUT2D eigenvalue weighted by Gasteiger charge is -2.21. The van der Waals surface area contributed by atoms with Crippen LogP contribution in [-0.2, 0) is 0 Å². The van der Waals surface area contributed by atoms with Crippen molar-refractivity contribution >= 4 is 0 Å². The van der Waals surface area contributed by atoms with Crippen LogP contribution in [0.5, 0.6) is 5.75 Å². The van der Waals surface area contributed by atoms with Gasteiger partial charge in [0.15, 0.2) is 11.6 Å². The van der Waals surface area contributed by atoms with E-state index in [2.05, 4.69) is 0 Å². The lowest BCUT2D eigenvalue weighted by Crippen LogP contribution is -2.22. The maximum absolute atomic E-state index is 13.4. The minimum absolute atomic E-state index is 0.0797. The molecule has 0 amide bonds. The number of benzene rings is 2. The molecule has 100 valence electrons. The maximum atomic E-state index is 13.4. The molecule has 1 N–H and O–H groups in total. The van der Waals surface area contributed by atoms with Crippen LogP contribution >= 0.6 is 0 Å². The summed E-state index contributed by atoms with van der Waals surface area (Å²) in [5, 5.41) is 10.1. The second-order valence-corrected chi connectivity index (χ2v) is 4.25. The number of aliphatic hydroxyl groups excluding tert-OH is 1. The number of hydrogen-bond donors (Lipinski definition) is 1. The predicted octanol–water partition coefficient (Wildman–Crippen LogP) is 3.47. The van der Waals surface area contributed by atoms with Gasteiger partial charge in [-0.1, -0.05) is 30.3 Å². The van der Waals surface area contributed by atoms with Gasteiger partial charge in [-0.05, 0) is 24.6 Å². The molecule has 0 aliphatic carbocycles. The molecule has 2 nitrogen and oxygen atoms in total. The van der Waals surface area contributed by atoms with Crippen molar-refractivity contribution in [2.75, 3.05) is 0 Å². The molecule has 2 atom stereocenters. The molecule has 2 aromatic carbocycles. The lowest BCUT2D eigenvalue weighted by molar-refractivity contribution is 0.0443. The molecule has 19 heavy (non-hydrogen) atoms. The highest BCUT2D eigenvalue weighted by Crippen LogP contribution is 2.24. The van der Waals surface area contributed by atoms with Crippen molar-refractivity contribution in [2.45, 2.75) is 19.1 Å². The molecule has 0 saturated heterocycles. The normalized spacial score (nSPS) is 13.9. The minimum atomic E-state index is -0.884. The number of halogens is 2. The largest absolute Gasteiger partial charge is 0.485 e. The second-order valence-electron chi connectivity index (χ2n) is 4.25. The van der Waals surface area contributed by atoms with Crippen LogP contribution in [-0.4, -0.2) is 11.2 Å². The summed E-state index contributed by atoms with van der Waals surface area (Å²) in [4.78, 5) is 0. The quantitative estimate of drug-likeness (QED) is 0.916. The number of rotatable bonds is 4. The Morgan fingerprint density at radius 3 is 2.37 bits per heavy atom. The van der Waals surface area contributed by atoms with Crippen molar-refractivity contribution in [3.05, 3.63) is 65.7 Å². The number of hydrogen-bond acceptors (Lipinski definition) is 2. The summed E-state index contributed by atoms with van der Waals surface area (Å²) in [5.41, 5.74) is 0.678. The second kappa shape index (κ2) is 5.80. The highest BCUT2D eigenvalue weighted by molar-refractivity contribution is 5.25. The fourth-order valence-electron chi connectivity index (χ4n) is 1.76. The van der Waals surface area contributed by atoms with Gasteiger partial charge in [-0.2, -0.15) is 0 Å². The summed E-state index contributed by atoms with van der Waals surface area (Å²) in [6, 6.07) is 12.0. The monoisotopic (exact) mass is 264 g/mol. The van der Waals surface area contributed by atoms with Gasteiger partial charge in [0.25, 0.3) is 0 Å². The van der Waals surface area contributed by atoms with Crippen molar-refractivity contribution in [2.24, 2.45) is 0 Å². The van der Waals surface area contributed by atoms with Gasteiger partial charge in [0.2, 0.25) is 0 Å². The highest BCUT2D eigenvalue weighted by atomic mass is 19.1. The van der Waals surface area contributed by atoms with E-state index in [4.69, 9.17) is 4.74 Å². The Labute approximate surface area is 110 Å². The first-order valence-corrected chi connectivity index (χ1v) is 5.92. The van der Waals surface area contributed by atoms with Crippen molar-refractivity contribution in [1.82, 2.24) is 0 Å². The van der Waals surface area contributed by atoms with E-state index in [9.17, 15) is 13.9 Å². The Hall–Kier alpha value is -1.94. The molecular formula is C15H14F2O2. The number of ether oxygens (including phenoxy) is 1. The molecule has 0 fully saturated rings. The third-order valence-electron chi connectivity index (χ3n) is 2.79.